The second-order valence-corrected chi connectivity index (χ2v) is 8.32. The van der Waals surface area contributed by atoms with Crippen LogP contribution >= 0.6 is 0 Å². The molecular formula is C22H32N4O2. The fraction of sp³-hybridized carbons (Fsp3) is 0.636. The van der Waals surface area contributed by atoms with Gasteiger partial charge in [0.05, 0.1) is 6.54 Å². The topological polar surface area (TPSA) is 55.9 Å². The molecule has 0 bridgehead atoms. The molecule has 3 fully saturated rings. The highest BCUT2D eigenvalue weighted by atomic mass is 16.2. The Morgan fingerprint density at radius 3 is 2.46 bits per heavy atom. The summed E-state index contributed by atoms with van der Waals surface area (Å²) >= 11 is 0. The van der Waals surface area contributed by atoms with Crippen molar-refractivity contribution >= 4 is 11.8 Å². The summed E-state index contributed by atoms with van der Waals surface area (Å²) in [7, 11) is 0. The number of likely N-dealkylation sites (tertiary alicyclic amines) is 2. The molecular weight excluding hydrogens is 352 g/mol. The molecule has 1 atom stereocenters. The molecule has 3 heterocycles. The fourth-order valence-corrected chi connectivity index (χ4v) is 5.05. The normalized spacial score (nSPS) is 26.2. The first-order valence-electron chi connectivity index (χ1n) is 10.8. The molecule has 152 valence electrons. The number of amides is 2. The molecule has 3 aliphatic heterocycles. The Bertz CT molecular complexity index is 689. The molecule has 0 aromatic heterocycles. The van der Waals surface area contributed by atoms with Crippen LogP contribution in [0, 0.1) is 0 Å². The van der Waals surface area contributed by atoms with Gasteiger partial charge < -0.3 is 15.1 Å². The highest BCUT2D eigenvalue weighted by Gasteiger charge is 2.51. The Morgan fingerprint density at radius 2 is 1.71 bits per heavy atom. The van der Waals surface area contributed by atoms with Gasteiger partial charge in [-0.1, -0.05) is 30.3 Å². The average molecular weight is 385 g/mol. The van der Waals surface area contributed by atoms with Gasteiger partial charge >= 0.3 is 0 Å². The van der Waals surface area contributed by atoms with E-state index in [9.17, 15) is 9.59 Å². The molecule has 3 saturated heterocycles. The molecule has 3 aliphatic rings. The van der Waals surface area contributed by atoms with E-state index in [-0.39, 0.29) is 11.8 Å². The van der Waals surface area contributed by atoms with Crippen LogP contribution in [0.4, 0.5) is 0 Å². The minimum Gasteiger partial charge on any atom is -0.341 e. The zero-order valence-corrected chi connectivity index (χ0v) is 16.7. The van der Waals surface area contributed by atoms with Gasteiger partial charge in [0.1, 0.15) is 5.54 Å². The first-order chi connectivity index (χ1) is 13.7. The van der Waals surface area contributed by atoms with Gasteiger partial charge in [-0.3, -0.25) is 14.5 Å². The number of hydrogen-bond acceptors (Lipinski definition) is 4. The van der Waals surface area contributed by atoms with Crippen molar-refractivity contribution in [2.24, 2.45) is 0 Å². The van der Waals surface area contributed by atoms with Gasteiger partial charge in [-0.25, -0.2) is 0 Å². The average Bonchev–Trinajstić information content (AvgIpc) is 3.13. The molecule has 1 aromatic carbocycles. The maximum absolute atomic E-state index is 13.5. The lowest BCUT2D eigenvalue weighted by atomic mass is 9.85. The summed E-state index contributed by atoms with van der Waals surface area (Å²) in [6, 6.07) is 10.4. The number of benzene rings is 1. The summed E-state index contributed by atoms with van der Waals surface area (Å²) in [6.45, 7) is 6.13. The van der Waals surface area contributed by atoms with Crippen LogP contribution in [-0.2, 0) is 16.0 Å². The number of hydrogen-bond donors (Lipinski definition) is 1. The highest BCUT2D eigenvalue weighted by Crippen LogP contribution is 2.38. The van der Waals surface area contributed by atoms with E-state index in [1.165, 1.54) is 5.56 Å². The smallest absolute Gasteiger partial charge is 0.243 e. The summed E-state index contributed by atoms with van der Waals surface area (Å²) < 4.78 is 0. The predicted molar refractivity (Wildman–Crippen MR) is 109 cm³/mol. The fourth-order valence-electron chi connectivity index (χ4n) is 5.05. The molecule has 1 aromatic rings. The molecule has 0 aliphatic carbocycles. The van der Waals surface area contributed by atoms with E-state index >= 15 is 0 Å². The maximum atomic E-state index is 13.5. The van der Waals surface area contributed by atoms with Crippen LogP contribution in [0.2, 0.25) is 0 Å². The van der Waals surface area contributed by atoms with Crippen molar-refractivity contribution in [1.29, 1.82) is 0 Å². The molecule has 0 radical (unpaired) electrons. The Hall–Kier alpha value is -1.92. The van der Waals surface area contributed by atoms with E-state index in [1.807, 2.05) is 15.9 Å². The summed E-state index contributed by atoms with van der Waals surface area (Å²) in [5.41, 5.74) is 0.825. The van der Waals surface area contributed by atoms with E-state index in [4.69, 9.17) is 0 Å². The second kappa shape index (κ2) is 8.62. The molecule has 0 saturated carbocycles. The van der Waals surface area contributed by atoms with E-state index in [2.05, 4.69) is 34.5 Å². The molecule has 28 heavy (non-hydrogen) atoms. The van der Waals surface area contributed by atoms with Crippen molar-refractivity contribution in [2.75, 3.05) is 52.4 Å². The Kier molecular flexibility index (Phi) is 5.97. The number of rotatable bonds is 5. The molecule has 4 rings (SSSR count). The van der Waals surface area contributed by atoms with E-state index < -0.39 is 5.54 Å². The first-order valence-corrected chi connectivity index (χ1v) is 10.8. The van der Waals surface area contributed by atoms with Gasteiger partial charge in [0, 0.05) is 39.3 Å². The van der Waals surface area contributed by atoms with Crippen LogP contribution in [-0.4, -0.2) is 84.4 Å². The van der Waals surface area contributed by atoms with E-state index in [1.54, 1.807) is 0 Å². The largest absolute Gasteiger partial charge is 0.341 e. The summed E-state index contributed by atoms with van der Waals surface area (Å²) in [5.74, 6) is 0.428. The van der Waals surface area contributed by atoms with Crippen molar-refractivity contribution in [3.63, 3.8) is 0 Å². The zero-order valence-electron chi connectivity index (χ0n) is 16.7. The van der Waals surface area contributed by atoms with Crippen LogP contribution in [0.1, 0.15) is 31.2 Å². The van der Waals surface area contributed by atoms with E-state index in [0.717, 1.165) is 77.9 Å². The maximum Gasteiger partial charge on any atom is 0.243 e. The molecule has 1 N–H and O–H groups in total. The lowest BCUT2D eigenvalue weighted by molar-refractivity contribution is -0.149. The minimum atomic E-state index is -0.446. The lowest BCUT2D eigenvalue weighted by Crippen LogP contribution is -2.62. The molecule has 1 unspecified atom stereocenters. The van der Waals surface area contributed by atoms with Crippen LogP contribution < -0.4 is 5.32 Å². The molecule has 6 heteroatoms. The van der Waals surface area contributed by atoms with Crippen LogP contribution in [0.3, 0.4) is 0 Å². The van der Waals surface area contributed by atoms with Crippen LogP contribution in [0.5, 0.6) is 0 Å². The first kappa shape index (κ1) is 19.4. The lowest BCUT2D eigenvalue weighted by Gasteiger charge is -2.45. The quantitative estimate of drug-likeness (QED) is 0.827. The number of nitrogens with one attached hydrogen (secondary N) is 1. The number of piperidine rings is 1. The third-order valence-corrected chi connectivity index (χ3v) is 6.64. The van der Waals surface area contributed by atoms with Gasteiger partial charge in [0.25, 0.3) is 0 Å². The molecule has 2 amide bonds. The number of nitrogens with zero attached hydrogens (tertiary/aromatic N) is 3. The van der Waals surface area contributed by atoms with E-state index in [0.29, 0.717) is 6.54 Å². The molecule has 6 nitrogen and oxygen atoms in total. The van der Waals surface area contributed by atoms with Crippen molar-refractivity contribution in [2.45, 2.75) is 37.6 Å². The summed E-state index contributed by atoms with van der Waals surface area (Å²) in [4.78, 5) is 32.5. The third-order valence-electron chi connectivity index (χ3n) is 6.64. The summed E-state index contributed by atoms with van der Waals surface area (Å²) in [6.07, 6.45) is 4.71. The monoisotopic (exact) mass is 384 g/mol. The zero-order chi connectivity index (χ0) is 19.4. The highest BCUT2D eigenvalue weighted by molar-refractivity contribution is 5.88. The van der Waals surface area contributed by atoms with Gasteiger partial charge in [-0.15, -0.1) is 0 Å². The second-order valence-electron chi connectivity index (χ2n) is 8.32. The third kappa shape index (κ3) is 3.94. The SMILES string of the molecule is O=C(CN1CCCC12CCCN(CCc1ccccc1)C2=O)N1CCNCC1. The Balaban J connectivity index is 1.41. The summed E-state index contributed by atoms with van der Waals surface area (Å²) in [5, 5.41) is 3.29. The molecule has 1 spiro atoms. The van der Waals surface area contributed by atoms with Crippen LogP contribution in [0.15, 0.2) is 30.3 Å². The number of carbonyl (C=O) groups is 2. The van der Waals surface area contributed by atoms with Gasteiger partial charge in [-0.05, 0) is 44.2 Å². The van der Waals surface area contributed by atoms with Crippen molar-refractivity contribution in [1.82, 2.24) is 20.0 Å². The standard InChI is InChI=1S/C22H32N4O2/c27-20(24-16-11-23-12-17-24)18-26-14-5-10-22(26)9-4-13-25(21(22)28)15-8-19-6-2-1-3-7-19/h1-3,6-7,23H,4-5,8-18H2. The number of piperazine rings is 1. The van der Waals surface area contributed by atoms with Gasteiger partial charge in [0.15, 0.2) is 0 Å². The van der Waals surface area contributed by atoms with Crippen molar-refractivity contribution < 1.29 is 9.59 Å². The van der Waals surface area contributed by atoms with Crippen LogP contribution in [0.25, 0.3) is 0 Å². The Morgan fingerprint density at radius 1 is 1.00 bits per heavy atom. The number of carbonyl (C=O) groups excluding carboxylic acids is 2. The predicted octanol–water partition coefficient (Wildman–Crippen LogP) is 1.12. The van der Waals surface area contributed by atoms with Crippen molar-refractivity contribution in [3.05, 3.63) is 35.9 Å². The van der Waals surface area contributed by atoms with Crippen molar-refractivity contribution in [3.8, 4) is 0 Å². The Labute approximate surface area is 167 Å². The van der Waals surface area contributed by atoms with Gasteiger partial charge in [0.2, 0.25) is 11.8 Å². The minimum absolute atomic E-state index is 0.178. The van der Waals surface area contributed by atoms with Gasteiger partial charge in [-0.2, -0.15) is 0 Å².